The molecule has 0 bridgehead atoms. The first-order chi connectivity index (χ1) is 15.2. The Hall–Kier alpha value is -4.18. The van der Waals surface area contributed by atoms with Crippen molar-refractivity contribution in [1.29, 1.82) is 0 Å². The van der Waals surface area contributed by atoms with Crippen LogP contribution in [0.2, 0.25) is 0 Å². The van der Waals surface area contributed by atoms with Gasteiger partial charge in [-0.05, 0) is 21.9 Å². The van der Waals surface area contributed by atoms with Gasteiger partial charge < -0.3 is 4.74 Å². The number of ether oxygens (including phenoxy) is 1. The summed E-state index contributed by atoms with van der Waals surface area (Å²) >= 11 is 0. The summed E-state index contributed by atoms with van der Waals surface area (Å²) in [5.74, 6) is 0.550. The van der Waals surface area contributed by atoms with E-state index < -0.39 is 0 Å². The lowest BCUT2D eigenvalue weighted by molar-refractivity contribution is 0.113. The molecule has 3 heterocycles. The zero-order chi connectivity index (χ0) is 21.2. The quantitative estimate of drug-likeness (QED) is 0.451. The van der Waals surface area contributed by atoms with Crippen LogP contribution < -0.4 is 5.69 Å². The Morgan fingerprint density at radius 3 is 2.61 bits per heavy atom. The maximum atomic E-state index is 12.2. The van der Waals surface area contributed by atoms with Crippen LogP contribution in [0, 0.1) is 0 Å². The van der Waals surface area contributed by atoms with E-state index in [0.717, 1.165) is 27.8 Å². The standard InChI is InChI=1S/C21H18N8O2/c1-31-13-29-21(30)23-20-16(11-22-12-28(20)29)10-14-6-8-15(9-7-14)17-4-2-3-5-18(17)19-24-26-27-25-19/h2-9,11-12H,10,13H2,1H3,(H,24,25,26,27). The number of nitrogens with zero attached hydrogens (tertiary/aromatic N) is 7. The van der Waals surface area contributed by atoms with Gasteiger partial charge in [0.2, 0.25) is 5.82 Å². The third-order valence-electron chi connectivity index (χ3n) is 5.02. The molecule has 31 heavy (non-hydrogen) atoms. The molecule has 0 saturated carbocycles. The number of hydrogen-bond donors (Lipinski definition) is 1. The summed E-state index contributed by atoms with van der Waals surface area (Å²) in [6.07, 6.45) is 3.89. The lowest BCUT2D eigenvalue weighted by Gasteiger charge is -2.09. The first kappa shape index (κ1) is 18.8. The molecule has 0 radical (unpaired) electrons. The number of tetrazole rings is 1. The average molecular weight is 414 g/mol. The highest BCUT2D eigenvalue weighted by Gasteiger charge is 2.13. The van der Waals surface area contributed by atoms with Crippen molar-refractivity contribution in [3.63, 3.8) is 0 Å². The Balaban J connectivity index is 1.46. The molecule has 3 aromatic heterocycles. The summed E-state index contributed by atoms with van der Waals surface area (Å²) < 4.78 is 8.10. The number of nitrogens with one attached hydrogen (secondary N) is 1. The number of aromatic nitrogens is 8. The number of methoxy groups -OCH3 is 1. The highest BCUT2D eigenvalue weighted by molar-refractivity contribution is 5.80. The summed E-state index contributed by atoms with van der Waals surface area (Å²) in [7, 11) is 1.53. The zero-order valence-corrected chi connectivity index (χ0v) is 16.6. The molecule has 0 amide bonds. The van der Waals surface area contributed by atoms with E-state index in [4.69, 9.17) is 4.74 Å². The van der Waals surface area contributed by atoms with Gasteiger partial charge in [0.15, 0.2) is 5.65 Å². The Kier molecular flexibility index (Phi) is 4.81. The van der Waals surface area contributed by atoms with E-state index >= 15 is 0 Å². The van der Waals surface area contributed by atoms with Crippen molar-refractivity contribution in [3.8, 4) is 22.5 Å². The van der Waals surface area contributed by atoms with Crippen LogP contribution in [0.1, 0.15) is 11.1 Å². The Morgan fingerprint density at radius 1 is 1.06 bits per heavy atom. The van der Waals surface area contributed by atoms with E-state index in [1.54, 1.807) is 17.0 Å². The van der Waals surface area contributed by atoms with Gasteiger partial charge in [-0.25, -0.2) is 19.0 Å². The molecule has 0 fully saturated rings. The van der Waals surface area contributed by atoms with Crippen molar-refractivity contribution in [2.75, 3.05) is 7.11 Å². The SMILES string of the molecule is COCn1c(=O)nc2c(Cc3ccc(-c4ccccc4-c4nn[nH]n4)cc3)cncn21. The molecule has 0 aliphatic heterocycles. The smallest absolute Gasteiger partial charge is 0.362 e. The highest BCUT2D eigenvalue weighted by Crippen LogP contribution is 2.30. The molecular weight excluding hydrogens is 396 g/mol. The van der Waals surface area contributed by atoms with Crippen LogP contribution >= 0.6 is 0 Å². The molecule has 0 aliphatic carbocycles. The number of benzene rings is 2. The number of H-pyrrole nitrogens is 1. The van der Waals surface area contributed by atoms with Crippen molar-refractivity contribution < 1.29 is 4.74 Å². The molecule has 10 nitrogen and oxygen atoms in total. The Morgan fingerprint density at radius 2 is 1.87 bits per heavy atom. The second kappa shape index (κ2) is 7.92. The fourth-order valence-electron chi connectivity index (χ4n) is 3.58. The molecule has 0 unspecified atom stereocenters. The number of aromatic amines is 1. The highest BCUT2D eigenvalue weighted by atomic mass is 16.5. The molecule has 0 saturated heterocycles. The summed E-state index contributed by atoms with van der Waals surface area (Å²) in [5, 5.41) is 14.3. The van der Waals surface area contributed by atoms with E-state index in [0.29, 0.717) is 17.9 Å². The third-order valence-corrected chi connectivity index (χ3v) is 5.02. The summed E-state index contributed by atoms with van der Waals surface area (Å²) in [5.41, 5.74) is 5.10. The maximum absolute atomic E-state index is 12.2. The number of rotatable bonds is 6. The summed E-state index contributed by atoms with van der Waals surface area (Å²) in [4.78, 5) is 20.6. The van der Waals surface area contributed by atoms with Crippen LogP contribution in [0.4, 0.5) is 0 Å². The molecule has 154 valence electrons. The van der Waals surface area contributed by atoms with Gasteiger partial charge in [-0.1, -0.05) is 48.5 Å². The lowest BCUT2D eigenvalue weighted by atomic mass is 9.97. The molecular formula is C21H18N8O2. The van der Waals surface area contributed by atoms with E-state index in [2.05, 4.69) is 54.9 Å². The van der Waals surface area contributed by atoms with Crippen molar-refractivity contribution in [3.05, 3.63) is 82.7 Å². The minimum Gasteiger partial charge on any atom is -0.362 e. The monoisotopic (exact) mass is 414 g/mol. The van der Waals surface area contributed by atoms with Gasteiger partial charge in [-0.2, -0.15) is 10.2 Å². The number of fused-ring (bicyclic) bond motifs is 1. The molecule has 0 atom stereocenters. The molecule has 1 N–H and O–H groups in total. The van der Waals surface area contributed by atoms with Crippen molar-refractivity contribution in [2.24, 2.45) is 0 Å². The molecule has 5 aromatic rings. The topological polar surface area (TPSA) is 116 Å². The predicted octanol–water partition coefficient (Wildman–Crippen LogP) is 1.93. The predicted molar refractivity (Wildman–Crippen MR) is 112 cm³/mol. The van der Waals surface area contributed by atoms with Crippen molar-refractivity contribution >= 4 is 5.65 Å². The van der Waals surface area contributed by atoms with E-state index in [1.165, 1.54) is 11.8 Å². The van der Waals surface area contributed by atoms with Crippen molar-refractivity contribution in [1.82, 2.24) is 39.8 Å². The van der Waals surface area contributed by atoms with Gasteiger partial charge in [0.05, 0.1) is 0 Å². The molecule has 0 spiro atoms. The zero-order valence-electron chi connectivity index (χ0n) is 16.6. The molecule has 2 aromatic carbocycles. The van der Waals surface area contributed by atoms with E-state index in [1.807, 2.05) is 24.3 Å². The van der Waals surface area contributed by atoms with Gasteiger partial charge in [-0.15, -0.1) is 10.2 Å². The average Bonchev–Trinajstić information content (AvgIpc) is 3.44. The van der Waals surface area contributed by atoms with Gasteiger partial charge in [0.1, 0.15) is 13.1 Å². The summed E-state index contributed by atoms with van der Waals surface area (Å²) in [6.45, 7) is 0.111. The summed E-state index contributed by atoms with van der Waals surface area (Å²) in [6, 6.07) is 16.1. The third kappa shape index (κ3) is 3.49. The fourth-order valence-corrected chi connectivity index (χ4v) is 3.58. The molecule has 0 aliphatic rings. The van der Waals surface area contributed by atoms with E-state index in [-0.39, 0.29) is 12.4 Å². The fraction of sp³-hybridized carbons (Fsp3) is 0.143. The minimum absolute atomic E-state index is 0.111. The van der Waals surface area contributed by atoms with Gasteiger partial charge in [0.25, 0.3) is 0 Å². The maximum Gasteiger partial charge on any atom is 0.367 e. The van der Waals surface area contributed by atoms with Crippen LogP contribution in [0.25, 0.3) is 28.2 Å². The van der Waals surface area contributed by atoms with Crippen LogP contribution in [0.5, 0.6) is 0 Å². The van der Waals surface area contributed by atoms with Gasteiger partial charge in [-0.3, -0.25) is 0 Å². The van der Waals surface area contributed by atoms with Crippen LogP contribution in [0.3, 0.4) is 0 Å². The lowest BCUT2D eigenvalue weighted by Crippen LogP contribution is -2.21. The normalized spacial score (nSPS) is 11.3. The molecule has 10 heteroatoms. The van der Waals surface area contributed by atoms with Crippen LogP contribution in [-0.4, -0.2) is 46.9 Å². The van der Waals surface area contributed by atoms with Gasteiger partial charge in [0, 0.05) is 30.9 Å². The van der Waals surface area contributed by atoms with Crippen LogP contribution in [-0.2, 0) is 17.9 Å². The first-order valence-electron chi connectivity index (χ1n) is 9.58. The second-order valence-corrected chi connectivity index (χ2v) is 6.95. The van der Waals surface area contributed by atoms with Crippen LogP contribution in [0.15, 0.2) is 65.8 Å². The number of hydrogen-bond acceptors (Lipinski definition) is 7. The van der Waals surface area contributed by atoms with Gasteiger partial charge >= 0.3 is 5.69 Å². The Bertz CT molecular complexity index is 1390. The minimum atomic E-state index is -0.371. The Labute approximate surface area is 176 Å². The largest absolute Gasteiger partial charge is 0.367 e. The first-order valence-corrected chi connectivity index (χ1v) is 9.58. The van der Waals surface area contributed by atoms with Crippen molar-refractivity contribution in [2.45, 2.75) is 13.2 Å². The second-order valence-electron chi connectivity index (χ2n) is 6.95. The molecule has 5 rings (SSSR count). The van der Waals surface area contributed by atoms with E-state index in [9.17, 15) is 4.79 Å².